The first-order valence-electron chi connectivity index (χ1n) is 3.46. The second kappa shape index (κ2) is 4.09. The summed E-state index contributed by atoms with van der Waals surface area (Å²) in [6, 6.07) is 2.98. The van der Waals surface area contributed by atoms with Crippen LogP contribution >= 0.6 is 11.6 Å². The Labute approximate surface area is 79.9 Å². The van der Waals surface area contributed by atoms with Crippen molar-refractivity contribution in [1.29, 1.82) is 0 Å². The molecule has 0 bridgehead atoms. The van der Waals surface area contributed by atoms with Gasteiger partial charge in [-0.15, -0.1) is 0 Å². The number of rotatable bonds is 2. The lowest BCUT2D eigenvalue weighted by Crippen LogP contribution is -1.96. The second-order valence-corrected chi connectivity index (χ2v) is 2.67. The molecule has 0 amide bonds. The maximum Gasteiger partial charge on any atom is 0.175 e. The number of nitrogens with two attached hydrogens (primary N) is 1. The number of hydrogen-bond donors (Lipinski definition) is 1. The molecular weight excluding hydrogens is 195 g/mol. The van der Waals surface area contributed by atoms with Gasteiger partial charge in [0.2, 0.25) is 0 Å². The molecule has 70 valence electrons. The Hall–Kier alpha value is -1.29. The second-order valence-electron chi connectivity index (χ2n) is 2.26. The fourth-order valence-electron chi connectivity index (χ4n) is 0.915. The minimum Gasteiger partial charge on any atom is -0.492 e. The van der Waals surface area contributed by atoms with Crippen LogP contribution in [0.5, 0.6) is 5.75 Å². The molecule has 0 saturated heterocycles. The highest BCUT2D eigenvalue weighted by atomic mass is 35.5. The zero-order chi connectivity index (χ0) is 9.84. The van der Waals surface area contributed by atoms with E-state index in [2.05, 4.69) is 5.10 Å². The van der Waals surface area contributed by atoms with Crippen molar-refractivity contribution in [3.8, 4) is 5.75 Å². The third-order valence-electron chi connectivity index (χ3n) is 1.50. The standard InChI is InChI=1S/C8H8ClFN2O/c1-13-8-6(9)3-2-5(4-12-11)7(8)10/h2-4H,11H2,1H3. The number of hydrazone groups is 1. The summed E-state index contributed by atoms with van der Waals surface area (Å²) < 4.78 is 18.1. The van der Waals surface area contributed by atoms with Crippen LogP contribution in [0.2, 0.25) is 5.02 Å². The molecular formula is C8H8ClFN2O. The van der Waals surface area contributed by atoms with Crippen molar-refractivity contribution >= 4 is 17.8 Å². The summed E-state index contributed by atoms with van der Waals surface area (Å²) in [7, 11) is 1.34. The van der Waals surface area contributed by atoms with Gasteiger partial charge in [0.25, 0.3) is 0 Å². The normalized spacial score (nSPS) is 10.7. The highest BCUT2D eigenvalue weighted by molar-refractivity contribution is 6.32. The van der Waals surface area contributed by atoms with E-state index < -0.39 is 5.82 Å². The first-order valence-corrected chi connectivity index (χ1v) is 3.83. The molecule has 2 N–H and O–H groups in total. The van der Waals surface area contributed by atoms with Crippen molar-refractivity contribution in [3.05, 3.63) is 28.5 Å². The molecule has 0 aliphatic rings. The summed E-state index contributed by atoms with van der Waals surface area (Å²) in [5.74, 6) is 4.32. The Morgan fingerprint density at radius 1 is 1.62 bits per heavy atom. The van der Waals surface area contributed by atoms with Gasteiger partial charge >= 0.3 is 0 Å². The summed E-state index contributed by atoms with van der Waals surface area (Å²) >= 11 is 5.66. The number of halogens is 2. The van der Waals surface area contributed by atoms with Crippen molar-refractivity contribution in [3.63, 3.8) is 0 Å². The molecule has 13 heavy (non-hydrogen) atoms. The lowest BCUT2D eigenvalue weighted by atomic mass is 10.2. The molecule has 1 aromatic rings. The summed E-state index contributed by atoms with van der Waals surface area (Å²) in [6.07, 6.45) is 1.19. The maximum absolute atomic E-state index is 13.4. The fraction of sp³-hybridized carbons (Fsp3) is 0.125. The van der Waals surface area contributed by atoms with Gasteiger partial charge in [-0.2, -0.15) is 5.10 Å². The van der Waals surface area contributed by atoms with E-state index in [0.29, 0.717) is 0 Å². The molecule has 0 atom stereocenters. The molecule has 1 rings (SSSR count). The van der Waals surface area contributed by atoms with Gasteiger partial charge in [-0.1, -0.05) is 11.6 Å². The van der Waals surface area contributed by atoms with Crippen LogP contribution in [0.3, 0.4) is 0 Å². The van der Waals surface area contributed by atoms with Gasteiger partial charge in [0.15, 0.2) is 11.6 Å². The lowest BCUT2D eigenvalue weighted by Gasteiger charge is -2.05. The van der Waals surface area contributed by atoms with Crippen molar-refractivity contribution in [2.45, 2.75) is 0 Å². The van der Waals surface area contributed by atoms with Crippen LogP contribution < -0.4 is 10.6 Å². The third-order valence-corrected chi connectivity index (χ3v) is 1.79. The molecule has 1 aromatic carbocycles. The fourth-order valence-corrected chi connectivity index (χ4v) is 1.14. The average molecular weight is 203 g/mol. The molecule has 0 heterocycles. The van der Waals surface area contributed by atoms with Gasteiger partial charge in [-0.3, -0.25) is 0 Å². The van der Waals surface area contributed by atoms with Crippen LogP contribution in [-0.4, -0.2) is 13.3 Å². The van der Waals surface area contributed by atoms with Gasteiger partial charge in [0.1, 0.15) is 0 Å². The van der Waals surface area contributed by atoms with Crippen LogP contribution in [0.15, 0.2) is 17.2 Å². The quantitative estimate of drug-likeness (QED) is 0.452. The van der Waals surface area contributed by atoms with E-state index in [1.165, 1.54) is 25.5 Å². The molecule has 0 radical (unpaired) electrons. The summed E-state index contributed by atoms with van der Waals surface area (Å²) in [5, 5.41) is 3.43. The van der Waals surface area contributed by atoms with Gasteiger partial charge in [-0.05, 0) is 12.1 Å². The van der Waals surface area contributed by atoms with E-state index >= 15 is 0 Å². The Balaban J connectivity index is 3.27. The van der Waals surface area contributed by atoms with Gasteiger partial charge in [-0.25, -0.2) is 4.39 Å². The van der Waals surface area contributed by atoms with Gasteiger partial charge in [0.05, 0.1) is 18.3 Å². The zero-order valence-corrected chi connectivity index (χ0v) is 7.68. The van der Waals surface area contributed by atoms with Gasteiger partial charge in [0, 0.05) is 5.56 Å². The molecule has 0 unspecified atom stereocenters. The number of nitrogens with zero attached hydrogens (tertiary/aromatic N) is 1. The van der Waals surface area contributed by atoms with E-state index in [9.17, 15) is 4.39 Å². The predicted octanol–water partition coefficient (Wildman–Crippen LogP) is 1.78. The van der Waals surface area contributed by atoms with E-state index in [1.54, 1.807) is 0 Å². The first kappa shape index (κ1) is 9.80. The number of hydrogen-bond acceptors (Lipinski definition) is 3. The predicted molar refractivity (Wildman–Crippen MR) is 49.7 cm³/mol. The van der Waals surface area contributed by atoms with Crippen molar-refractivity contribution in [2.75, 3.05) is 7.11 Å². The van der Waals surface area contributed by atoms with E-state index in [-0.39, 0.29) is 16.3 Å². The highest BCUT2D eigenvalue weighted by Gasteiger charge is 2.10. The van der Waals surface area contributed by atoms with Crippen LogP contribution in [0, 0.1) is 5.82 Å². The minimum atomic E-state index is -0.566. The molecule has 5 heteroatoms. The maximum atomic E-state index is 13.4. The van der Waals surface area contributed by atoms with Crippen LogP contribution in [0.4, 0.5) is 4.39 Å². The summed E-state index contributed by atoms with van der Waals surface area (Å²) in [6.45, 7) is 0. The van der Waals surface area contributed by atoms with Crippen molar-refractivity contribution in [1.82, 2.24) is 0 Å². The number of methoxy groups -OCH3 is 1. The topological polar surface area (TPSA) is 47.6 Å². The van der Waals surface area contributed by atoms with Gasteiger partial charge < -0.3 is 10.6 Å². The minimum absolute atomic E-state index is 0.000864. The van der Waals surface area contributed by atoms with Crippen LogP contribution in [0.25, 0.3) is 0 Å². The van der Waals surface area contributed by atoms with Crippen LogP contribution in [-0.2, 0) is 0 Å². The number of ether oxygens (including phenoxy) is 1. The molecule has 0 fully saturated rings. The SMILES string of the molecule is COc1c(Cl)ccc(C=NN)c1F. The Bertz CT molecular complexity index is 341. The molecule has 0 spiro atoms. The zero-order valence-electron chi connectivity index (χ0n) is 6.92. The lowest BCUT2D eigenvalue weighted by molar-refractivity contribution is 0.386. The van der Waals surface area contributed by atoms with Crippen molar-refractivity contribution < 1.29 is 9.13 Å². The monoisotopic (exact) mass is 202 g/mol. The van der Waals surface area contributed by atoms with E-state index in [1.807, 2.05) is 0 Å². The molecule has 0 saturated carbocycles. The smallest absolute Gasteiger partial charge is 0.175 e. The van der Waals surface area contributed by atoms with E-state index in [4.69, 9.17) is 22.2 Å². The third kappa shape index (κ3) is 1.89. The van der Waals surface area contributed by atoms with E-state index in [0.717, 1.165) is 0 Å². The van der Waals surface area contributed by atoms with Crippen molar-refractivity contribution in [2.24, 2.45) is 10.9 Å². The molecule has 0 aromatic heterocycles. The summed E-state index contributed by atoms with van der Waals surface area (Å²) in [4.78, 5) is 0. The Morgan fingerprint density at radius 3 is 2.85 bits per heavy atom. The van der Waals surface area contributed by atoms with Crippen LogP contribution in [0.1, 0.15) is 5.56 Å². The average Bonchev–Trinajstić information content (AvgIpc) is 2.11. The molecule has 0 aliphatic carbocycles. The number of benzene rings is 1. The molecule has 3 nitrogen and oxygen atoms in total. The largest absolute Gasteiger partial charge is 0.492 e. The first-order chi connectivity index (χ1) is 6.20. The summed E-state index contributed by atoms with van der Waals surface area (Å²) in [5.41, 5.74) is 0.240. The highest BCUT2D eigenvalue weighted by Crippen LogP contribution is 2.28. The molecule has 0 aliphatic heterocycles. The Kier molecular flexibility index (Phi) is 3.08. The Morgan fingerprint density at radius 2 is 2.31 bits per heavy atom.